The van der Waals surface area contributed by atoms with E-state index in [1.807, 2.05) is 0 Å². The first-order valence-corrected chi connectivity index (χ1v) is 9.01. The molecular formula is C15H10ClF3N2O6S. The fourth-order valence-electron chi connectivity index (χ4n) is 2.21. The number of carboxylic acids is 1. The lowest BCUT2D eigenvalue weighted by atomic mass is 10.2. The molecule has 0 aromatic heterocycles. The summed E-state index contributed by atoms with van der Waals surface area (Å²) >= 11 is 5.50. The third kappa shape index (κ3) is 4.51. The van der Waals surface area contributed by atoms with Gasteiger partial charge in [0.2, 0.25) is 0 Å². The van der Waals surface area contributed by atoms with Crippen LogP contribution in [0.1, 0.15) is 5.56 Å². The predicted octanol–water partition coefficient (Wildman–Crippen LogP) is 3.55. The number of sulfonamides is 1. The molecule has 0 saturated carbocycles. The van der Waals surface area contributed by atoms with Crippen molar-refractivity contribution in [1.82, 2.24) is 0 Å². The summed E-state index contributed by atoms with van der Waals surface area (Å²) in [6.07, 6.45) is -4.92. The standard InChI is InChI=1S/C15H10ClF3N2O6S/c16-13-5-4-9(7-12(13)15(17,18)19)20(8-14(22)23)28(26,27)11-3-1-2-10(6-11)21(24)25/h1-7H,8H2,(H,22,23). The quantitative estimate of drug-likeness (QED) is 0.544. The summed E-state index contributed by atoms with van der Waals surface area (Å²) in [4.78, 5) is 20.4. The fourth-order valence-corrected chi connectivity index (χ4v) is 3.88. The molecule has 0 spiro atoms. The Morgan fingerprint density at radius 2 is 1.86 bits per heavy atom. The van der Waals surface area contributed by atoms with Crippen LogP contribution in [0.2, 0.25) is 5.02 Å². The van der Waals surface area contributed by atoms with Crippen LogP contribution in [0.25, 0.3) is 0 Å². The van der Waals surface area contributed by atoms with Crippen molar-refractivity contribution in [1.29, 1.82) is 0 Å². The monoisotopic (exact) mass is 438 g/mol. The summed E-state index contributed by atoms with van der Waals surface area (Å²) in [5.41, 5.74) is -2.58. The van der Waals surface area contributed by atoms with E-state index in [9.17, 15) is 36.5 Å². The fraction of sp³-hybridized carbons (Fsp3) is 0.133. The van der Waals surface area contributed by atoms with Crippen LogP contribution < -0.4 is 4.31 Å². The number of rotatable bonds is 6. The number of alkyl halides is 3. The Bertz CT molecular complexity index is 1040. The number of nitro groups is 1. The number of carboxylic acid groups (broad SMARTS) is 1. The lowest BCUT2D eigenvalue weighted by Crippen LogP contribution is -2.36. The zero-order valence-electron chi connectivity index (χ0n) is 13.6. The third-order valence-electron chi connectivity index (χ3n) is 3.44. The van der Waals surface area contributed by atoms with Crippen LogP contribution in [0.15, 0.2) is 47.4 Å². The van der Waals surface area contributed by atoms with E-state index in [0.717, 1.165) is 30.3 Å². The van der Waals surface area contributed by atoms with Gasteiger partial charge in [-0.3, -0.25) is 19.2 Å². The second-order valence-corrected chi connectivity index (χ2v) is 7.59. The first-order valence-electron chi connectivity index (χ1n) is 7.20. The minimum Gasteiger partial charge on any atom is -0.480 e. The molecule has 0 amide bonds. The largest absolute Gasteiger partial charge is 0.480 e. The number of hydrogen-bond acceptors (Lipinski definition) is 5. The van der Waals surface area contributed by atoms with Crippen LogP contribution in [-0.4, -0.2) is 31.0 Å². The number of nitro benzene ring substituents is 1. The molecule has 0 bridgehead atoms. The van der Waals surface area contributed by atoms with Crippen LogP contribution in [0.3, 0.4) is 0 Å². The number of carbonyl (C=O) groups is 1. The van der Waals surface area contributed by atoms with Gasteiger partial charge in [0.1, 0.15) is 6.54 Å². The molecule has 0 heterocycles. The number of aliphatic carboxylic acids is 1. The second kappa shape index (κ2) is 7.64. The van der Waals surface area contributed by atoms with Crippen molar-refractivity contribution in [2.75, 3.05) is 10.8 Å². The number of hydrogen-bond donors (Lipinski definition) is 1. The van der Waals surface area contributed by atoms with E-state index >= 15 is 0 Å². The molecule has 8 nitrogen and oxygen atoms in total. The topological polar surface area (TPSA) is 118 Å². The van der Waals surface area contributed by atoms with Gasteiger partial charge in [-0.15, -0.1) is 0 Å². The average Bonchev–Trinajstić information content (AvgIpc) is 2.59. The highest BCUT2D eigenvalue weighted by Crippen LogP contribution is 2.38. The summed E-state index contributed by atoms with van der Waals surface area (Å²) in [5.74, 6) is -1.66. The van der Waals surface area contributed by atoms with E-state index < -0.39 is 60.5 Å². The Kier molecular flexibility index (Phi) is 5.85. The van der Waals surface area contributed by atoms with Gasteiger partial charge in [-0.2, -0.15) is 13.2 Å². The van der Waals surface area contributed by atoms with E-state index in [2.05, 4.69) is 0 Å². The Morgan fingerprint density at radius 3 is 2.39 bits per heavy atom. The smallest absolute Gasteiger partial charge is 0.417 e. The van der Waals surface area contributed by atoms with Crippen LogP contribution in [-0.2, 0) is 21.0 Å². The van der Waals surface area contributed by atoms with Gasteiger partial charge >= 0.3 is 12.1 Å². The summed E-state index contributed by atoms with van der Waals surface area (Å²) in [5, 5.41) is 19.2. The molecule has 0 unspecified atom stereocenters. The number of anilines is 1. The van der Waals surface area contributed by atoms with Crippen LogP contribution >= 0.6 is 11.6 Å². The van der Waals surface area contributed by atoms with Gasteiger partial charge in [0.25, 0.3) is 15.7 Å². The molecule has 0 fully saturated rings. The van der Waals surface area contributed by atoms with E-state index in [4.69, 9.17) is 16.7 Å². The Hall–Kier alpha value is -2.86. The van der Waals surface area contributed by atoms with Crippen molar-refractivity contribution in [3.05, 3.63) is 63.2 Å². The molecule has 2 aromatic rings. The van der Waals surface area contributed by atoms with Crippen molar-refractivity contribution < 1.29 is 36.4 Å². The highest BCUT2D eigenvalue weighted by molar-refractivity contribution is 7.92. The van der Waals surface area contributed by atoms with Crippen LogP contribution in [0.4, 0.5) is 24.5 Å². The molecule has 28 heavy (non-hydrogen) atoms. The number of nitrogens with zero attached hydrogens (tertiary/aromatic N) is 2. The molecule has 0 aliphatic heterocycles. The molecule has 13 heteroatoms. The molecule has 2 aromatic carbocycles. The van der Waals surface area contributed by atoms with Gasteiger partial charge < -0.3 is 5.11 Å². The first kappa shape index (κ1) is 21.4. The van der Waals surface area contributed by atoms with E-state index in [1.165, 1.54) is 0 Å². The van der Waals surface area contributed by atoms with Crippen LogP contribution in [0.5, 0.6) is 0 Å². The predicted molar refractivity (Wildman–Crippen MR) is 91.7 cm³/mol. The van der Waals surface area contributed by atoms with Gasteiger partial charge in [-0.1, -0.05) is 17.7 Å². The molecule has 0 radical (unpaired) electrons. The first-order chi connectivity index (χ1) is 12.8. The van der Waals surface area contributed by atoms with Crippen molar-refractivity contribution in [3.8, 4) is 0 Å². The maximum atomic E-state index is 13.1. The average molecular weight is 439 g/mol. The summed E-state index contributed by atoms with van der Waals surface area (Å²) in [6.45, 7) is -1.22. The molecule has 0 saturated heterocycles. The second-order valence-electron chi connectivity index (χ2n) is 5.32. The van der Waals surface area contributed by atoms with Crippen molar-refractivity contribution in [2.45, 2.75) is 11.1 Å². The maximum Gasteiger partial charge on any atom is 0.417 e. The molecule has 1 N–H and O–H groups in total. The molecule has 0 aliphatic rings. The Balaban J connectivity index is 2.66. The lowest BCUT2D eigenvalue weighted by molar-refractivity contribution is -0.385. The zero-order valence-corrected chi connectivity index (χ0v) is 15.1. The normalized spacial score (nSPS) is 11.9. The number of halogens is 4. The summed E-state index contributed by atoms with van der Waals surface area (Å²) in [7, 11) is -4.74. The maximum absolute atomic E-state index is 13.1. The summed E-state index contributed by atoms with van der Waals surface area (Å²) < 4.78 is 65.0. The van der Waals surface area contributed by atoms with Gasteiger partial charge in [-0.05, 0) is 24.3 Å². The van der Waals surface area contributed by atoms with Gasteiger partial charge in [0.05, 0.1) is 26.1 Å². The zero-order chi connectivity index (χ0) is 21.3. The van der Waals surface area contributed by atoms with E-state index in [0.29, 0.717) is 12.1 Å². The SMILES string of the molecule is O=C(O)CN(c1ccc(Cl)c(C(F)(F)F)c1)S(=O)(=O)c1cccc([N+](=O)[O-])c1. The van der Waals surface area contributed by atoms with Gasteiger partial charge in [0, 0.05) is 12.1 Å². The molecule has 0 aliphatic carbocycles. The number of non-ortho nitro benzene ring substituents is 1. The lowest BCUT2D eigenvalue weighted by Gasteiger charge is -2.24. The van der Waals surface area contributed by atoms with Crippen LogP contribution in [0, 0.1) is 10.1 Å². The minimum absolute atomic E-state index is 0.194. The number of benzene rings is 2. The Morgan fingerprint density at radius 1 is 1.21 bits per heavy atom. The molecule has 0 atom stereocenters. The van der Waals surface area contributed by atoms with Crippen molar-refractivity contribution in [2.24, 2.45) is 0 Å². The van der Waals surface area contributed by atoms with Crippen molar-refractivity contribution >= 4 is 39.0 Å². The van der Waals surface area contributed by atoms with Gasteiger partial charge in [0.15, 0.2) is 0 Å². The molecule has 2 rings (SSSR count). The van der Waals surface area contributed by atoms with E-state index in [-0.39, 0.29) is 4.31 Å². The Labute approximate surface area is 161 Å². The van der Waals surface area contributed by atoms with Crippen molar-refractivity contribution in [3.63, 3.8) is 0 Å². The highest BCUT2D eigenvalue weighted by Gasteiger charge is 2.35. The highest BCUT2D eigenvalue weighted by atomic mass is 35.5. The minimum atomic E-state index is -4.92. The molecular weight excluding hydrogens is 429 g/mol. The molecule has 150 valence electrons. The van der Waals surface area contributed by atoms with Gasteiger partial charge in [-0.25, -0.2) is 8.42 Å². The van der Waals surface area contributed by atoms with E-state index in [1.54, 1.807) is 0 Å². The summed E-state index contributed by atoms with van der Waals surface area (Å²) in [6, 6.07) is 5.74. The third-order valence-corrected chi connectivity index (χ3v) is 5.54.